The number of alkyl halides is 3. The van der Waals surface area contributed by atoms with Gasteiger partial charge in [-0.05, 0) is 29.1 Å². The summed E-state index contributed by atoms with van der Waals surface area (Å²) in [4.78, 5) is 11.2. The summed E-state index contributed by atoms with van der Waals surface area (Å²) in [6, 6.07) is 8.57. The van der Waals surface area contributed by atoms with E-state index in [2.05, 4.69) is 4.74 Å². The molecule has 94 valence electrons. The number of carbonyl (C=O) groups is 1. The maximum absolute atomic E-state index is 12.3. The van der Waals surface area contributed by atoms with Crippen LogP contribution in [0.15, 0.2) is 36.4 Å². The van der Waals surface area contributed by atoms with Crippen molar-refractivity contribution in [3.05, 3.63) is 42.0 Å². The van der Waals surface area contributed by atoms with Crippen LogP contribution in [0.4, 0.5) is 13.2 Å². The van der Waals surface area contributed by atoms with Crippen molar-refractivity contribution < 1.29 is 22.7 Å². The van der Waals surface area contributed by atoms with Gasteiger partial charge in [0.25, 0.3) is 5.24 Å². The molecule has 0 aliphatic heterocycles. The largest absolute Gasteiger partial charge is 0.573 e. The lowest BCUT2D eigenvalue weighted by Crippen LogP contribution is -2.17. The van der Waals surface area contributed by atoms with Crippen molar-refractivity contribution in [1.29, 1.82) is 0 Å². The molecule has 2 rings (SSSR count). The van der Waals surface area contributed by atoms with E-state index in [0.29, 0.717) is 5.39 Å². The van der Waals surface area contributed by atoms with Crippen molar-refractivity contribution in [2.45, 2.75) is 6.36 Å². The zero-order chi connectivity index (χ0) is 13.3. The Balaban J connectivity index is 2.70. The smallest absolute Gasteiger partial charge is 0.405 e. The summed E-state index contributed by atoms with van der Waals surface area (Å²) in [6.45, 7) is 0. The average molecular weight is 275 g/mol. The summed E-state index contributed by atoms with van der Waals surface area (Å²) in [6.07, 6.45) is -4.82. The van der Waals surface area contributed by atoms with E-state index in [1.165, 1.54) is 18.2 Å². The summed E-state index contributed by atoms with van der Waals surface area (Å²) in [5, 5.41) is -0.334. The van der Waals surface area contributed by atoms with Gasteiger partial charge in [-0.25, -0.2) is 0 Å². The van der Waals surface area contributed by atoms with Gasteiger partial charge in [0, 0.05) is 10.9 Å². The first-order valence-corrected chi connectivity index (χ1v) is 5.23. The Morgan fingerprint density at radius 3 is 2.28 bits per heavy atom. The second-order valence-electron chi connectivity index (χ2n) is 3.48. The molecular formula is C12H6ClF3O2. The number of carbonyl (C=O) groups excluding carboxylic acids is 1. The molecule has 6 heteroatoms. The van der Waals surface area contributed by atoms with Crippen LogP contribution in [0.2, 0.25) is 0 Å². The molecule has 0 aliphatic rings. The summed E-state index contributed by atoms with van der Waals surface area (Å²) in [5.74, 6) is -0.440. The van der Waals surface area contributed by atoms with Gasteiger partial charge in [0.15, 0.2) is 0 Å². The van der Waals surface area contributed by atoms with E-state index >= 15 is 0 Å². The van der Waals surface area contributed by atoms with Crippen molar-refractivity contribution in [2.75, 3.05) is 0 Å². The monoisotopic (exact) mass is 274 g/mol. The number of benzene rings is 2. The maximum atomic E-state index is 12.3. The summed E-state index contributed by atoms with van der Waals surface area (Å²) < 4.78 is 40.7. The zero-order valence-electron chi connectivity index (χ0n) is 8.79. The van der Waals surface area contributed by atoms with Crippen LogP contribution in [0.1, 0.15) is 10.4 Å². The third-order valence-electron chi connectivity index (χ3n) is 2.30. The van der Waals surface area contributed by atoms with Crippen LogP contribution >= 0.6 is 11.6 Å². The zero-order valence-corrected chi connectivity index (χ0v) is 9.55. The lowest BCUT2D eigenvalue weighted by atomic mass is 10.0. The molecule has 0 radical (unpaired) electrons. The Morgan fingerprint density at radius 2 is 1.72 bits per heavy atom. The first-order chi connectivity index (χ1) is 8.38. The van der Waals surface area contributed by atoms with E-state index in [1.54, 1.807) is 12.1 Å². The van der Waals surface area contributed by atoms with Gasteiger partial charge in [-0.1, -0.05) is 24.3 Å². The number of hydrogen-bond donors (Lipinski definition) is 0. The van der Waals surface area contributed by atoms with Gasteiger partial charge >= 0.3 is 6.36 Å². The van der Waals surface area contributed by atoms with Gasteiger partial charge in [-0.15, -0.1) is 13.2 Å². The minimum absolute atomic E-state index is 0.0194. The second kappa shape index (κ2) is 4.49. The molecule has 0 heterocycles. The van der Waals surface area contributed by atoms with E-state index in [-0.39, 0.29) is 10.9 Å². The molecule has 2 nitrogen and oxygen atoms in total. The molecule has 0 N–H and O–H groups in total. The Kier molecular flexibility index (Phi) is 3.17. The molecule has 0 aliphatic carbocycles. The lowest BCUT2D eigenvalue weighted by molar-refractivity contribution is -0.274. The topological polar surface area (TPSA) is 26.3 Å². The fourth-order valence-electron chi connectivity index (χ4n) is 1.68. The molecule has 0 unspecified atom stereocenters. The minimum Gasteiger partial charge on any atom is -0.405 e. The lowest BCUT2D eigenvalue weighted by Gasteiger charge is -2.12. The van der Waals surface area contributed by atoms with E-state index in [4.69, 9.17) is 11.6 Å². The van der Waals surface area contributed by atoms with Gasteiger partial charge in [0.1, 0.15) is 5.75 Å². The third kappa shape index (κ3) is 2.56. The van der Waals surface area contributed by atoms with Crippen molar-refractivity contribution >= 4 is 27.6 Å². The highest BCUT2D eigenvalue weighted by atomic mass is 35.5. The highest BCUT2D eigenvalue weighted by molar-refractivity contribution is 6.68. The fraction of sp³-hybridized carbons (Fsp3) is 0.0833. The van der Waals surface area contributed by atoms with Gasteiger partial charge in [-0.3, -0.25) is 4.79 Å². The van der Waals surface area contributed by atoms with Crippen LogP contribution in [-0.2, 0) is 0 Å². The molecule has 0 fully saturated rings. The van der Waals surface area contributed by atoms with Gasteiger partial charge in [0.05, 0.1) is 0 Å². The molecule has 0 bridgehead atoms. The normalized spacial score (nSPS) is 11.6. The van der Waals surface area contributed by atoms with Crippen LogP contribution < -0.4 is 4.74 Å². The molecule has 0 aromatic heterocycles. The van der Waals surface area contributed by atoms with Crippen molar-refractivity contribution in [3.63, 3.8) is 0 Å². The molecule has 0 spiro atoms. The van der Waals surface area contributed by atoms with E-state index in [1.807, 2.05) is 0 Å². The van der Waals surface area contributed by atoms with Crippen molar-refractivity contribution in [1.82, 2.24) is 0 Å². The number of halogens is 4. The Morgan fingerprint density at radius 1 is 1.11 bits per heavy atom. The predicted octanol–water partition coefficient (Wildman–Crippen LogP) is 4.12. The first kappa shape index (κ1) is 12.7. The van der Waals surface area contributed by atoms with Crippen LogP contribution in [0.3, 0.4) is 0 Å². The third-order valence-corrected chi connectivity index (χ3v) is 2.51. The molecule has 0 amide bonds. The van der Waals surface area contributed by atoms with Crippen molar-refractivity contribution in [3.8, 4) is 5.75 Å². The Labute approximate surface area is 105 Å². The minimum atomic E-state index is -4.82. The van der Waals surface area contributed by atoms with Gasteiger partial charge < -0.3 is 4.74 Å². The molecule has 0 saturated carbocycles. The van der Waals surface area contributed by atoms with Crippen LogP contribution in [-0.4, -0.2) is 11.6 Å². The predicted molar refractivity (Wildman–Crippen MR) is 60.8 cm³/mol. The summed E-state index contributed by atoms with van der Waals surface area (Å²) in [7, 11) is 0. The molecule has 2 aromatic rings. The molecule has 0 atom stereocenters. The number of ether oxygens (including phenoxy) is 1. The van der Waals surface area contributed by atoms with Crippen LogP contribution in [0, 0.1) is 0 Å². The standard InChI is InChI=1S/C12H6ClF3O2/c13-11(17)8-5-1-3-7-4-2-6-9(10(7)8)18-12(14,15)16/h1-6H. The molecule has 18 heavy (non-hydrogen) atoms. The second-order valence-corrected chi connectivity index (χ2v) is 3.82. The average Bonchev–Trinajstić information content (AvgIpc) is 2.26. The highest BCUT2D eigenvalue weighted by Crippen LogP contribution is 2.33. The SMILES string of the molecule is O=C(Cl)c1cccc2cccc(OC(F)(F)F)c12. The van der Waals surface area contributed by atoms with Gasteiger partial charge in [-0.2, -0.15) is 0 Å². The van der Waals surface area contributed by atoms with Crippen molar-refractivity contribution in [2.24, 2.45) is 0 Å². The summed E-state index contributed by atoms with van der Waals surface area (Å²) in [5.41, 5.74) is -0.0194. The molecular weight excluding hydrogens is 269 g/mol. The van der Waals surface area contributed by atoms with Crippen LogP contribution in [0.5, 0.6) is 5.75 Å². The van der Waals surface area contributed by atoms with E-state index in [0.717, 1.165) is 6.07 Å². The maximum Gasteiger partial charge on any atom is 0.573 e. The molecule has 0 saturated heterocycles. The molecule has 2 aromatic carbocycles. The van der Waals surface area contributed by atoms with Crippen LogP contribution in [0.25, 0.3) is 10.8 Å². The number of fused-ring (bicyclic) bond motifs is 1. The fourth-order valence-corrected chi connectivity index (χ4v) is 1.84. The van der Waals surface area contributed by atoms with E-state index < -0.39 is 17.4 Å². The Bertz CT molecular complexity index is 603. The Hall–Kier alpha value is -1.75. The quantitative estimate of drug-likeness (QED) is 0.770. The number of hydrogen-bond acceptors (Lipinski definition) is 2. The summed E-state index contributed by atoms with van der Waals surface area (Å²) >= 11 is 5.35. The van der Waals surface area contributed by atoms with E-state index in [9.17, 15) is 18.0 Å². The number of rotatable bonds is 2. The van der Waals surface area contributed by atoms with Gasteiger partial charge in [0.2, 0.25) is 0 Å². The highest BCUT2D eigenvalue weighted by Gasteiger charge is 2.32. The first-order valence-electron chi connectivity index (χ1n) is 4.86.